The molecule has 0 radical (unpaired) electrons. The van der Waals surface area contributed by atoms with E-state index in [-0.39, 0.29) is 5.91 Å². The molecule has 0 saturated carbocycles. The van der Waals surface area contributed by atoms with Gasteiger partial charge in [-0.3, -0.25) is 4.79 Å². The Morgan fingerprint density at radius 3 is 3.05 bits per heavy atom. The highest BCUT2D eigenvalue weighted by atomic mass is 32.1. The summed E-state index contributed by atoms with van der Waals surface area (Å²) in [5.41, 5.74) is 0.767. The third-order valence-electron chi connectivity index (χ3n) is 3.10. The topological polar surface area (TPSA) is 68.0 Å². The zero-order valence-corrected chi connectivity index (χ0v) is 13.7. The highest BCUT2D eigenvalue weighted by Gasteiger charge is 2.16. The lowest BCUT2D eigenvalue weighted by atomic mass is 10.2. The van der Waals surface area contributed by atoms with E-state index in [1.165, 1.54) is 0 Å². The van der Waals surface area contributed by atoms with Gasteiger partial charge in [0.25, 0.3) is 5.91 Å². The van der Waals surface area contributed by atoms with Crippen molar-refractivity contribution in [2.75, 3.05) is 0 Å². The van der Waals surface area contributed by atoms with Crippen molar-refractivity contribution in [2.24, 2.45) is 0 Å². The molecule has 1 N–H and O–H groups in total. The third kappa shape index (κ3) is 3.26. The van der Waals surface area contributed by atoms with Crippen LogP contribution in [0.2, 0.25) is 0 Å². The van der Waals surface area contributed by atoms with Gasteiger partial charge in [-0.05, 0) is 41.5 Å². The van der Waals surface area contributed by atoms with Crippen molar-refractivity contribution in [2.45, 2.75) is 26.3 Å². The van der Waals surface area contributed by atoms with Crippen molar-refractivity contribution in [1.82, 2.24) is 14.9 Å². The standard InChI is InChI=1S/C15H15N3O2S2/c1-2-4-11-14(22-18-17-11)15(19)16-9-10-6-7-12(20-10)13-5-3-8-21-13/h3,5-8H,2,4,9H2,1H3,(H,16,19). The average molecular weight is 333 g/mol. The van der Waals surface area contributed by atoms with E-state index in [1.807, 2.05) is 29.6 Å². The second-order valence-electron chi connectivity index (χ2n) is 4.72. The number of thiophene rings is 1. The maximum atomic E-state index is 12.2. The van der Waals surface area contributed by atoms with Crippen LogP contribution in [-0.4, -0.2) is 15.5 Å². The van der Waals surface area contributed by atoms with Gasteiger partial charge in [-0.2, -0.15) is 0 Å². The van der Waals surface area contributed by atoms with E-state index in [2.05, 4.69) is 21.8 Å². The van der Waals surface area contributed by atoms with Crippen LogP contribution in [0.5, 0.6) is 0 Å². The number of carbonyl (C=O) groups excluding carboxylic acids is 1. The lowest BCUT2D eigenvalue weighted by Gasteiger charge is -2.02. The molecular formula is C15H15N3O2S2. The zero-order chi connectivity index (χ0) is 15.4. The van der Waals surface area contributed by atoms with Crippen LogP contribution in [0.3, 0.4) is 0 Å². The number of aryl methyl sites for hydroxylation is 1. The Kier molecular flexibility index (Phi) is 4.65. The molecule has 3 heterocycles. The summed E-state index contributed by atoms with van der Waals surface area (Å²) in [4.78, 5) is 13.9. The SMILES string of the molecule is CCCc1nnsc1C(=O)NCc1ccc(-c2cccs2)o1. The molecule has 5 nitrogen and oxygen atoms in total. The fourth-order valence-electron chi connectivity index (χ4n) is 2.05. The van der Waals surface area contributed by atoms with Crippen LogP contribution >= 0.6 is 22.9 Å². The van der Waals surface area contributed by atoms with Gasteiger partial charge in [-0.25, -0.2) is 0 Å². The van der Waals surface area contributed by atoms with Crippen LogP contribution in [0.4, 0.5) is 0 Å². The van der Waals surface area contributed by atoms with Gasteiger partial charge in [0.05, 0.1) is 17.1 Å². The molecule has 0 aliphatic carbocycles. The predicted octanol–water partition coefficient (Wildman–Crippen LogP) is 3.74. The molecule has 114 valence electrons. The number of nitrogens with zero attached hydrogens (tertiary/aromatic N) is 2. The maximum absolute atomic E-state index is 12.2. The van der Waals surface area contributed by atoms with Crippen molar-refractivity contribution in [3.63, 3.8) is 0 Å². The molecule has 0 aliphatic heterocycles. The Labute approximate surface area is 136 Å². The molecule has 0 unspecified atom stereocenters. The van der Waals surface area contributed by atoms with Crippen LogP contribution < -0.4 is 5.32 Å². The van der Waals surface area contributed by atoms with E-state index >= 15 is 0 Å². The number of hydrogen-bond acceptors (Lipinski definition) is 6. The van der Waals surface area contributed by atoms with E-state index in [0.29, 0.717) is 11.4 Å². The Balaban J connectivity index is 1.62. The van der Waals surface area contributed by atoms with Gasteiger partial charge in [-0.15, -0.1) is 16.4 Å². The number of hydrogen-bond donors (Lipinski definition) is 1. The Morgan fingerprint density at radius 2 is 2.27 bits per heavy atom. The Bertz CT molecular complexity index is 747. The number of carbonyl (C=O) groups is 1. The summed E-state index contributed by atoms with van der Waals surface area (Å²) < 4.78 is 9.60. The Morgan fingerprint density at radius 1 is 1.36 bits per heavy atom. The van der Waals surface area contributed by atoms with Crippen LogP contribution in [0.25, 0.3) is 10.6 Å². The smallest absolute Gasteiger partial charge is 0.265 e. The Hall–Kier alpha value is -1.99. The van der Waals surface area contributed by atoms with Gasteiger partial charge < -0.3 is 9.73 Å². The van der Waals surface area contributed by atoms with Gasteiger partial charge in [0.15, 0.2) is 0 Å². The minimum absolute atomic E-state index is 0.146. The molecule has 1 amide bonds. The minimum atomic E-state index is -0.146. The first kappa shape index (κ1) is 14.9. The average Bonchev–Trinajstić information content (AvgIpc) is 3.25. The third-order valence-corrected chi connectivity index (χ3v) is 4.75. The van der Waals surface area contributed by atoms with Crippen molar-refractivity contribution >= 4 is 28.8 Å². The normalized spacial score (nSPS) is 10.8. The monoisotopic (exact) mass is 333 g/mol. The molecule has 0 aromatic carbocycles. The molecule has 7 heteroatoms. The summed E-state index contributed by atoms with van der Waals surface area (Å²) in [5, 5.41) is 8.87. The van der Waals surface area contributed by atoms with E-state index in [4.69, 9.17) is 4.42 Å². The number of aromatic nitrogens is 2. The summed E-state index contributed by atoms with van der Waals surface area (Å²) in [6, 6.07) is 7.79. The first-order valence-corrected chi connectivity index (χ1v) is 8.65. The highest BCUT2D eigenvalue weighted by molar-refractivity contribution is 7.13. The van der Waals surface area contributed by atoms with Crippen molar-refractivity contribution < 1.29 is 9.21 Å². The summed E-state index contributed by atoms with van der Waals surface area (Å²) in [5.74, 6) is 1.41. The molecule has 0 atom stereocenters. The van der Waals surface area contributed by atoms with Crippen molar-refractivity contribution in [1.29, 1.82) is 0 Å². The lowest BCUT2D eigenvalue weighted by Crippen LogP contribution is -2.22. The summed E-state index contributed by atoms with van der Waals surface area (Å²) in [6.45, 7) is 2.41. The fraction of sp³-hybridized carbons (Fsp3) is 0.267. The van der Waals surface area contributed by atoms with E-state index in [9.17, 15) is 4.79 Å². The molecule has 0 fully saturated rings. The first-order valence-electron chi connectivity index (χ1n) is 7.00. The lowest BCUT2D eigenvalue weighted by molar-refractivity contribution is 0.0951. The van der Waals surface area contributed by atoms with Gasteiger partial charge in [0, 0.05) is 0 Å². The summed E-state index contributed by atoms with van der Waals surface area (Å²) in [7, 11) is 0. The van der Waals surface area contributed by atoms with Crippen LogP contribution in [0.15, 0.2) is 34.1 Å². The van der Waals surface area contributed by atoms with Crippen LogP contribution in [-0.2, 0) is 13.0 Å². The largest absolute Gasteiger partial charge is 0.458 e. The highest BCUT2D eigenvalue weighted by Crippen LogP contribution is 2.26. The molecule has 22 heavy (non-hydrogen) atoms. The number of rotatable bonds is 6. The van der Waals surface area contributed by atoms with Crippen LogP contribution in [0, 0.1) is 0 Å². The van der Waals surface area contributed by atoms with Gasteiger partial charge >= 0.3 is 0 Å². The van der Waals surface area contributed by atoms with Gasteiger partial charge in [0.2, 0.25) is 0 Å². The van der Waals surface area contributed by atoms with E-state index < -0.39 is 0 Å². The molecule has 3 aromatic heterocycles. The van der Waals surface area contributed by atoms with Crippen molar-refractivity contribution in [3.05, 3.63) is 46.0 Å². The molecule has 0 saturated heterocycles. The van der Waals surface area contributed by atoms with E-state index in [0.717, 1.165) is 46.5 Å². The number of nitrogens with one attached hydrogen (secondary N) is 1. The van der Waals surface area contributed by atoms with Crippen molar-refractivity contribution in [3.8, 4) is 10.6 Å². The van der Waals surface area contributed by atoms with Crippen LogP contribution in [0.1, 0.15) is 34.5 Å². The van der Waals surface area contributed by atoms with Gasteiger partial charge in [0.1, 0.15) is 16.4 Å². The second kappa shape index (κ2) is 6.85. The molecule has 0 bridgehead atoms. The minimum Gasteiger partial charge on any atom is -0.458 e. The predicted molar refractivity (Wildman–Crippen MR) is 87.1 cm³/mol. The number of amides is 1. The summed E-state index contributed by atoms with van der Waals surface area (Å²) in [6.07, 6.45) is 1.70. The van der Waals surface area contributed by atoms with Gasteiger partial charge in [-0.1, -0.05) is 23.9 Å². The molecule has 3 rings (SSSR count). The van der Waals surface area contributed by atoms with E-state index in [1.54, 1.807) is 11.3 Å². The summed E-state index contributed by atoms with van der Waals surface area (Å²) >= 11 is 2.76. The maximum Gasteiger partial charge on any atom is 0.265 e. The second-order valence-corrected chi connectivity index (χ2v) is 6.43. The zero-order valence-electron chi connectivity index (χ0n) is 12.0. The number of furan rings is 1. The first-order chi connectivity index (χ1) is 10.8. The quantitative estimate of drug-likeness (QED) is 0.746. The fourth-order valence-corrected chi connectivity index (χ4v) is 3.36. The molecule has 0 spiro atoms. The molecule has 0 aliphatic rings. The molecule has 3 aromatic rings. The molecular weight excluding hydrogens is 318 g/mol.